The maximum Gasteiger partial charge on any atom is 0.410 e. The minimum Gasteiger partial charge on any atom is -0.497 e. The number of carbonyl (C=O) groups excluding carboxylic acids is 4. The van der Waals surface area contributed by atoms with Gasteiger partial charge < -0.3 is 34.1 Å². The summed E-state index contributed by atoms with van der Waals surface area (Å²) in [5, 5.41) is 4.50. The Morgan fingerprint density at radius 2 is 1.79 bits per heavy atom. The lowest BCUT2D eigenvalue weighted by molar-refractivity contribution is -0.144. The number of fused-ring (bicyclic) bond motifs is 3. The number of pyridine rings is 1. The van der Waals surface area contributed by atoms with E-state index in [-0.39, 0.29) is 31.2 Å². The van der Waals surface area contributed by atoms with Crippen molar-refractivity contribution in [2.24, 2.45) is 17.8 Å². The molecule has 2 aromatic rings. The monoisotopic (exact) mass is 864 g/mol. The van der Waals surface area contributed by atoms with Crippen molar-refractivity contribution in [3.63, 3.8) is 0 Å². The molecule has 5 fully saturated rings. The lowest BCUT2D eigenvalue weighted by Crippen LogP contribution is -2.59. The van der Waals surface area contributed by atoms with Gasteiger partial charge in [-0.15, -0.1) is 0 Å². The fourth-order valence-corrected chi connectivity index (χ4v) is 10.4. The molecule has 0 spiro atoms. The van der Waals surface area contributed by atoms with Crippen molar-refractivity contribution in [2.45, 2.75) is 120 Å². The van der Waals surface area contributed by atoms with Gasteiger partial charge in [-0.1, -0.05) is 26.0 Å². The van der Waals surface area contributed by atoms with Crippen LogP contribution in [0.1, 0.15) is 85.5 Å². The predicted octanol–water partition coefficient (Wildman–Crippen LogP) is 4.30. The first-order chi connectivity index (χ1) is 28.9. The molecule has 16 nitrogen and oxygen atoms in total. The average molecular weight is 865 g/mol. The number of carbonyl (C=O) groups is 4. The average Bonchev–Trinajstić information content (AvgIpc) is 4.19. The predicted molar refractivity (Wildman–Crippen MR) is 227 cm³/mol. The van der Waals surface area contributed by atoms with Gasteiger partial charge in [0, 0.05) is 37.9 Å². The van der Waals surface area contributed by atoms with Gasteiger partial charge in [-0.2, -0.15) is 4.98 Å². The molecule has 1 aromatic heterocycles. The second-order valence-corrected chi connectivity index (χ2v) is 21.0. The van der Waals surface area contributed by atoms with Gasteiger partial charge in [0.15, 0.2) is 0 Å². The SMILES string of the molecule is COc1ccc2c(O[C@@H]3C[C@H]4C(=O)N[C@]5(C(=O)NS(=O)(=O)C6(C)CC6)C[C@H]5/C=C\CC[C@@H](C)C[C@@H](C)[C@H](N(C)C(=O)OC5(C)CC5)C(=O)N4C3)nc(N3CCOCC3)cc2c1. The van der Waals surface area contributed by atoms with Gasteiger partial charge in [-0.3, -0.25) is 24.0 Å². The van der Waals surface area contributed by atoms with Crippen LogP contribution >= 0.6 is 0 Å². The number of benzene rings is 1. The number of ether oxygens (including phenoxy) is 4. The van der Waals surface area contributed by atoms with Crippen molar-refractivity contribution >= 4 is 50.4 Å². The van der Waals surface area contributed by atoms with Gasteiger partial charge in [0.25, 0.3) is 5.91 Å². The quantitative estimate of drug-likeness (QED) is 0.341. The number of nitrogens with zero attached hydrogens (tertiary/aromatic N) is 4. The number of rotatable bonds is 9. The van der Waals surface area contributed by atoms with Gasteiger partial charge in [0.1, 0.15) is 40.9 Å². The lowest BCUT2D eigenvalue weighted by atomic mass is 9.87. The molecule has 3 aliphatic heterocycles. The summed E-state index contributed by atoms with van der Waals surface area (Å²) in [6, 6.07) is 5.44. The molecule has 0 bridgehead atoms. The van der Waals surface area contributed by atoms with Gasteiger partial charge in [0.05, 0.1) is 31.6 Å². The molecule has 0 radical (unpaired) electrons. The summed E-state index contributed by atoms with van der Waals surface area (Å²) in [7, 11) is -0.842. The van der Waals surface area contributed by atoms with Crippen molar-refractivity contribution in [1.82, 2.24) is 24.8 Å². The first-order valence-electron chi connectivity index (χ1n) is 21.7. The first kappa shape index (κ1) is 43.0. The van der Waals surface area contributed by atoms with Crippen LogP contribution in [0.5, 0.6) is 11.6 Å². The molecule has 2 N–H and O–H groups in total. The number of likely N-dealkylation sites (N-methyl/N-ethyl adjacent to an activating group) is 1. The highest BCUT2D eigenvalue weighted by Gasteiger charge is 2.63. The summed E-state index contributed by atoms with van der Waals surface area (Å²) in [6.07, 6.45) is 7.17. The van der Waals surface area contributed by atoms with Crippen LogP contribution in [0.4, 0.5) is 10.6 Å². The number of hydrogen-bond donors (Lipinski definition) is 2. The lowest BCUT2D eigenvalue weighted by Gasteiger charge is -2.37. The van der Waals surface area contributed by atoms with E-state index in [0.29, 0.717) is 74.8 Å². The molecule has 332 valence electrons. The molecular weight excluding hydrogens is 805 g/mol. The Bertz CT molecular complexity index is 2200. The van der Waals surface area contributed by atoms with Crippen molar-refractivity contribution in [3.8, 4) is 11.6 Å². The zero-order chi connectivity index (χ0) is 43.5. The molecule has 6 aliphatic rings. The second kappa shape index (κ2) is 16.2. The topological polar surface area (TPSA) is 186 Å². The van der Waals surface area contributed by atoms with Crippen LogP contribution in [0.25, 0.3) is 10.8 Å². The van der Waals surface area contributed by atoms with Crippen LogP contribution in [0, 0.1) is 17.8 Å². The van der Waals surface area contributed by atoms with Gasteiger partial charge in [0.2, 0.25) is 27.7 Å². The van der Waals surface area contributed by atoms with Crippen molar-refractivity contribution in [3.05, 3.63) is 36.4 Å². The number of morpholine rings is 1. The molecule has 4 amide bonds. The third kappa shape index (κ3) is 8.73. The summed E-state index contributed by atoms with van der Waals surface area (Å²) >= 11 is 0. The minimum atomic E-state index is -4.02. The van der Waals surface area contributed by atoms with E-state index in [2.05, 4.69) is 21.9 Å². The summed E-state index contributed by atoms with van der Waals surface area (Å²) in [6.45, 7) is 9.87. The Hall–Kier alpha value is -4.64. The summed E-state index contributed by atoms with van der Waals surface area (Å²) < 4.78 is 51.7. The van der Waals surface area contributed by atoms with Gasteiger partial charge in [-0.25, -0.2) is 13.2 Å². The maximum absolute atomic E-state index is 15.2. The molecule has 8 rings (SSSR count). The van der Waals surface area contributed by atoms with Crippen LogP contribution in [0.2, 0.25) is 0 Å². The smallest absolute Gasteiger partial charge is 0.410 e. The molecule has 4 heterocycles. The standard InChI is InChI=1S/C44H60N6O10S/c1-27-9-7-8-10-30-25-44(30,40(53)47-61(55,56)43(4)15-16-43)46-37(51)34-24-32(26-50(34)39(52)36(28(2)21-27)48(5)41(54)60-42(3)13-14-42)59-38-33-12-11-31(57-6)22-29(33)23-35(45-38)49-17-19-58-20-18-49/h8,10-12,22-23,27-28,30,32,34,36H,7,9,13-21,24-26H2,1-6H3,(H,46,51)(H,47,53)/b10-8-/t27-,28-,30-,32-,34+,36+,44-/m1/s1. The third-order valence-corrected chi connectivity index (χ3v) is 16.0. The minimum absolute atomic E-state index is 0.0212. The molecule has 0 unspecified atom stereocenters. The highest BCUT2D eigenvalue weighted by molar-refractivity contribution is 7.91. The number of aromatic nitrogens is 1. The third-order valence-electron chi connectivity index (χ3n) is 13.8. The Labute approximate surface area is 358 Å². The number of methoxy groups -OCH3 is 1. The Balaban J connectivity index is 1.15. The number of hydrogen-bond acceptors (Lipinski definition) is 12. The molecule has 3 aliphatic carbocycles. The van der Waals surface area contributed by atoms with E-state index >= 15 is 4.79 Å². The molecular formula is C44H60N6O10S. The van der Waals surface area contributed by atoms with E-state index < -0.39 is 73.8 Å². The van der Waals surface area contributed by atoms with E-state index in [0.717, 1.165) is 24.6 Å². The van der Waals surface area contributed by atoms with Gasteiger partial charge >= 0.3 is 6.09 Å². The van der Waals surface area contributed by atoms with E-state index in [1.165, 1.54) is 9.80 Å². The van der Waals surface area contributed by atoms with E-state index in [1.54, 1.807) is 21.1 Å². The molecule has 61 heavy (non-hydrogen) atoms. The van der Waals surface area contributed by atoms with Crippen molar-refractivity contribution < 1.29 is 46.5 Å². The van der Waals surface area contributed by atoms with Crippen LogP contribution in [-0.4, -0.2) is 128 Å². The number of nitrogens with one attached hydrogen (secondary N) is 2. The number of anilines is 1. The number of allylic oxidation sites excluding steroid dienone is 1. The molecule has 17 heteroatoms. The normalized spacial score (nSPS) is 31.3. The van der Waals surface area contributed by atoms with Crippen molar-refractivity contribution in [2.75, 3.05) is 51.9 Å². The van der Waals surface area contributed by atoms with E-state index in [1.807, 2.05) is 50.3 Å². The Kier molecular flexibility index (Phi) is 11.5. The Morgan fingerprint density at radius 3 is 2.48 bits per heavy atom. The van der Waals surface area contributed by atoms with Gasteiger partial charge in [-0.05, 0) is 107 Å². The maximum atomic E-state index is 15.2. The van der Waals surface area contributed by atoms with E-state index in [9.17, 15) is 22.8 Å². The summed E-state index contributed by atoms with van der Waals surface area (Å²) in [5.74, 6) is -0.814. The zero-order valence-electron chi connectivity index (χ0n) is 36.1. The van der Waals surface area contributed by atoms with Crippen molar-refractivity contribution in [1.29, 1.82) is 0 Å². The summed E-state index contributed by atoms with van der Waals surface area (Å²) in [5.41, 5.74) is -2.12. The Morgan fingerprint density at radius 1 is 1.05 bits per heavy atom. The second-order valence-electron chi connectivity index (χ2n) is 18.8. The van der Waals surface area contributed by atoms with Crippen LogP contribution in [0.15, 0.2) is 36.4 Å². The highest BCUT2D eigenvalue weighted by atomic mass is 32.2. The number of sulfonamides is 1. The molecule has 7 atom stereocenters. The fourth-order valence-electron chi connectivity index (χ4n) is 9.12. The van der Waals surface area contributed by atoms with Crippen LogP contribution in [0.3, 0.4) is 0 Å². The highest BCUT2D eigenvalue weighted by Crippen LogP contribution is 2.48. The molecule has 1 aromatic carbocycles. The molecule has 3 saturated carbocycles. The number of amides is 4. The summed E-state index contributed by atoms with van der Waals surface area (Å²) in [4.78, 5) is 67.8. The zero-order valence-corrected chi connectivity index (χ0v) is 36.9. The van der Waals surface area contributed by atoms with Crippen LogP contribution < -0.4 is 24.4 Å². The first-order valence-corrected chi connectivity index (χ1v) is 23.2. The fraction of sp³-hybridized carbons (Fsp3) is 0.659. The van der Waals surface area contributed by atoms with Crippen LogP contribution in [-0.2, 0) is 33.9 Å². The largest absolute Gasteiger partial charge is 0.497 e. The van der Waals surface area contributed by atoms with E-state index in [4.69, 9.17) is 23.9 Å². The molecule has 2 saturated heterocycles.